The normalized spacial score (nSPS) is 34.3. The van der Waals surface area contributed by atoms with Crippen molar-refractivity contribution in [3.63, 3.8) is 0 Å². The van der Waals surface area contributed by atoms with Crippen molar-refractivity contribution in [1.29, 1.82) is 5.26 Å². The van der Waals surface area contributed by atoms with Gasteiger partial charge in [0.25, 0.3) is 0 Å². The minimum absolute atomic E-state index is 0.273. The molecule has 8 nitrogen and oxygen atoms in total. The van der Waals surface area contributed by atoms with Crippen molar-refractivity contribution >= 4 is 28.1 Å². The lowest BCUT2D eigenvalue weighted by molar-refractivity contribution is -0.203. The first-order valence-electron chi connectivity index (χ1n) is 7.45. The van der Waals surface area contributed by atoms with E-state index in [-0.39, 0.29) is 6.61 Å². The summed E-state index contributed by atoms with van der Waals surface area (Å²) in [5.41, 5.74) is 5.03. The van der Waals surface area contributed by atoms with Gasteiger partial charge in [-0.05, 0) is 13.8 Å². The zero-order chi connectivity index (χ0) is 17.1. The molecule has 0 aliphatic carbocycles. The number of anilines is 1. The SMILES string of the molecule is CC1(C)OC2C(CO)OC(C#N)(c3scc4c(N)ncnc34)C2O1. The van der Waals surface area contributed by atoms with Crippen LogP contribution >= 0.6 is 11.3 Å². The molecule has 3 N–H and O–H groups in total. The number of rotatable bonds is 2. The lowest BCUT2D eigenvalue weighted by Crippen LogP contribution is -2.39. The van der Waals surface area contributed by atoms with E-state index < -0.39 is 29.7 Å². The number of nitrogens with two attached hydrogens (primary N) is 1. The molecule has 2 aromatic heterocycles. The van der Waals surface area contributed by atoms with E-state index in [9.17, 15) is 10.4 Å². The van der Waals surface area contributed by atoms with Crippen LogP contribution in [0.1, 0.15) is 18.7 Å². The first-order valence-corrected chi connectivity index (χ1v) is 8.33. The summed E-state index contributed by atoms with van der Waals surface area (Å²) in [4.78, 5) is 8.83. The molecule has 126 valence electrons. The van der Waals surface area contributed by atoms with Crippen molar-refractivity contribution in [2.75, 3.05) is 12.3 Å². The van der Waals surface area contributed by atoms with Gasteiger partial charge in [-0.15, -0.1) is 11.3 Å². The number of aliphatic hydroxyl groups is 1. The maximum Gasteiger partial charge on any atom is 0.220 e. The van der Waals surface area contributed by atoms with Crippen LogP contribution in [-0.2, 0) is 19.8 Å². The second kappa shape index (κ2) is 5.08. The molecule has 24 heavy (non-hydrogen) atoms. The highest BCUT2D eigenvalue weighted by Gasteiger charge is 2.65. The topological polar surface area (TPSA) is 124 Å². The number of ether oxygens (including phenoxy) is 3. The van der Waals surface area contributed by atoms with Gasteiger partial charge in [0.05, 0.1) is 22.4 Å². The number of hydrogen-bond donors (Lipinski definition) is 2. The Morgan fingerprint density at radius 2 is 2.17 bits per heavy atom. The average Bonchev–Trinajstić information content (AvgIpc) is 3.18. The molecule has 9 heteroatoms. The Hall–Kier alpha value is -1.83. The largest absolute Gasteiger partial charge is 0.394 e. The van der Waals surface area contributed by atoms with Crippen LogP contribution in [0.3, 0.4) is 0 Å². The molecule has 4 unspecified atom stereocenters. The van der Waals surface area contributed by atoms with E-state index >= 15 is 0 Å². The van der Waals surface area contributed by atoms with Gasteiger partial charge in [0.15, 0.2) is 5.79 Å². The molecule has 2 fully saturated rings. The number of nitriles is 1. The van der Waals surface area contributed by atoms with E-state index in [0.717, 1.165) is 0 Å². The van der Waals surface area contributed by atoms with Gasteiger partial charge in [0, 0.05) is 5.38 Å². The number of hydrogen-bond acceptors (Lipinski definition) is 9. The molecule has 2 saturated heterocycles. The second-order valence-electron chi connectivity index (χ2n) is 6.29. The Labute approximate surface area is 141 Å². The molecule has 4 heterocycles. The smallest absolute Gasteiger partial charge is 0.220 e. The van der Waals surface area contributed by atoms with E-state index in [1.54, 1.807) is 19.2 Å². The molecule has 0 aromatic carbocycles. The molecule has 2 aliphatic heterocycles. The Balaban J connectivity index is 1.90. The highest BCUT2D eigenvalue weighted by atomic mass is 32.1. The molecular formula is C15H16N4O4S. The van der Waals surface area contributed by atoms with E-state index in [1.165, 1.54) is 17.7 Å². The lowest BCUT2D eigenvalue weighted by Gasteiger charge is -2.28. The van der Waals surface area contributed by atoms with E-state index in [1.807, 2.05) is 0 Å². The minimum atomic E-state index is -1.42. The van der Waals surface area contributed by atoms with Gasteiger partial charge in [-0.2, -0.15) is 5.26 Å². The second-order valence-corrected chi connectivity index (χ2v) is 7.17. The van der Waals surface area contributed by atoms with Crippen LogP contribution in [0.2, 0.25) is 0 Å². The van der Waals surface area contributed by atoms with Gasteiger partial charge >= 0.3 is 0 Å². The van der Waals surface area contributed by atoms with Crippen molar-refractivity contribution in [1.82, 2.24) is 9.97 Å². The fourth-order valence-corrected chi connectivity index (χ4v) is 4.48. The summed E-state index contributed by atoms with van der Waals surface area (Å²) in [5, 5.41) is 22.1. The third-order valence-electron chi connectivity index (χ3n) is 4.34. The summed E-state index contributed by atoms with van der Waals surface area (Å²) in [6, 6.07) is 2.24. The summed E-state index contributed by atoms with van der Waals surface area (Å²) in [5.74, 6) is -0.525. The molecule has 0 saturated carbocycles. The highest BCUT2D eigenvalue weighted by molar-refractivity contribution is 7.11. The summed E-state index contributed by atoms with van der Waals surface area (Å²) in [6.45, 7) is 3.27. The maximum atomic E-state index is 9.99. The first kappa shape index (κ1) is 15.7. The molecule has 4 atom stereocenters. The average molecular weight is 348 g/mol. The van der Waals surface area contributed by atoms with E-state index in [4.69, 9.17) is 19.9 Å². The Morgan fingerprint density at radius 3 is 2.88 bits per heavy atom. The van der Waals surface area contributed by atoms with Gasteiger partial charge in [-0.25, -0.2) is 9.97 Å². The highest BCUT2D eigenvalue weighted by Crippen LogP contribution is 2.51. The zero-order valence-electron chi connectivity index (χ0n) is 13.1. The van der Waals surface area contributed by atoms with Crippen LogP contribution in [0.5, 0.6) is 0 Å². The van der Waals surface area contributed by atoms with Crippen molar-refractivity contribution in [2.24, 2.45) is 0 Å². The van der Waals surface area contributed by atoms with Gasteiger partial charge in [0.1, 0.15) is 36.5 Å². The minimum Gasteiger partial charge on any atom is -0.394 e. The van der Waals surface area contributed by atoms with Crippen LogP contribution in [0.25, 0.3) is 10.9 Å². The van der Waals surface area contributed by atoms with Crippen molar-refractivity contribution in [3.05, 3.63) is 16.6 Å². The van der Waals surface area contributed by atoms with Gasteiger partial charge in [-0.1, -0.05) is 0 Å². The van der Waals surface area contributed by atoms with Crippen LogP contribution < -0.4 is 5.73 Å². The van der Waals surface area contributed by atoms with Gasteiger partial charge in [0.2, 0.25) is 5.60 Å². The fraction of sp³-hybridized carbons (Fsp3) is 0.533. The quantitative estimate of drug-likeness (QED) is 0.820. The molecule has 0 bridgehead atoms. The molecule has 0 amide bonds. The number of aliphatic hydroxyl groups excluding tert-OH is 1. The van der Waals surface area contributed by atoms with Crippen LogP contribution in [0, 0.1) is 11.3 Å². The van der Waals surface area contributed by atoms with E-state index in [0.29, 0.717) is 21.6 Å². The van der Waals surface area contributed by atoms with Crippen LogP contribution in [0.15, 0.2) is 11.7 Å². The molecule has 0 radical (unpaired) electrons. The number of nitrogen functional groups attached to an aromatic ring is 1. The van der Waals surface area contributed by atoms with E-state index in [2.05, 4.69) is 16.0 Å². The molecule has 2 aliphatic rings. The molecule has 2 aromatic rings. The zero-order valence-corrected chi connectivity index (χ0v) is 13.9. The summed E-state index contributed by atoms with van der Waals surface area (Å²) in [7, 11) is 0. The fourth-order valence-electron chi connectivity index (χ4n) is 3.36. The molecular weight excluding hydrogens is 332 g/mol. The lowest BCUT2D eigenvalue weighted by atomic mass is 9.93. The van der Waals surface area contributed by atoms with Crippen LogP contribution in [0.4, 0.5) is 5.82 Å². The Bertz CT molecular complexity index is 848. The standard InChI is InChI=1S/C15H16N4O4S/c1-14(2)22-10-8(3-20)21-15(5-16,11(10)23-14)12-9-7(4-24-12)13(17)19-6-18-9/h4,6,8,10-11,20H,3H2,1-2H3,(H2,17,18,19). The van der Waals surface area contributed by atoms with Crippen LogP contribution in [-0.4, -0.2) is 45.8 Å². The number of thiophene rings is 1. The maximum absolute atomic E-state index is 9.99. The monoisotopic (exact) mass is 348 g/mol. The number of nitrogens with zero attached hydrogens (tertiary/aromatic N) is 3. The summed E-state index contributed by atoms with van der Waals surface area (Å²) >= 11 is 1.31. The number of fused-ring (bicyclic) bond motifs is 2. The van der Waals surface area contributed by atoms with Crippen molar-refractivity contribution in [2.45, 2.75) is 43.5 Å². The molecule has 4 rings (SSSR count). The first-order chi connectivity index (χ1) is 11.4. The third-order valence-corrected chi connectivity index (χ3v) is 5.43. The summed E-state index contributed by atoms with van der Waals surface area (Å²) < 4.78 is 17.8. The van der Waals surface area contributed by atoms with Gasteiger partial charge < -0.3 is 25.1 Å². The predicted molar refractivity (Wildman–Crippen MR) is 84.9 cm³/mol. The van der Waals surface area contributed by atoms with Crippen molar-refractivity contribution in [3.8, 4) is 6.07 Å². The predicted octanol–water partition coefficient (Wildman–Crippen LogP) is 0.904. The van der Waals surface area contributed by atoms with Gasteiger partial charge in [-0.3, -0.25) is 0 Å². The Kier molecular flexibility index (Phi) is 3.32. The third kappa shape index (κ3) is 1.98. The Morgan fingerprint density at radius 1 is 1.38 bits per heavy atom. The molecule has 0 spiro atoms. The van der Waals surface area contributed by atoms with Crippen molar-refractivity contribution < 1.29 is 19.3 Å². The number of aromatic nitrogens is 2. The summed E-state index contributed by atoms with van der Waals surface area (Å²) in [6.07, 6.45) is -0.522.